The van der Waals surface area contributed by atoms with Crippen molar-refractivity contribution in [2.45, 2.75) is 38.6 Å². The van der Waals surface area contributed by atoms with Crippen LogP contribution in [0.15, 0.2) is 16.7 Å². The summed E-state index contributed by atoms with van der Waals surface area (Å²) in [6.45, 7) is 5.68. The number of nitrogens with zero attached hydrogens (tertiary/aromatic N) is 2. The van der Waals surface area contributed by atoms with Crippen LogP contribution in [0.3, 0.4) is 0 Å². The number of morpholine rings is 1. The summed E-state index contributed by atoms with van der Waals surface area (Å²) in [5.74, 6) is -0.192. The van der Waals surface area contributed by atoms with Crippen LogP contribution >= 0.6 is 27.5 Å². The van der Waals surface area contributed by atoms with Gasteiger partial charge in [0.25, 0.3) is 0 Å². The lowest BCUT2D eigenvalue weighted by Gasteiger charge is -2.38. The van der Waals surface area contributed by atoms with Gasteiger partial charge in [0.05, 0.1) is 24.9 Å². The standard InChI is InChI=1S/C16H22BrClN2O5S/c1-16(2,3)25-15(21)20-7-11(9-26(4,22)23)24-12(8-20)10-5-13(17)19-14(18)6-10/h5-6,11-12H,7-9H2,1-4H3/t11-,12-/m0/s1. The summed E-state index contributed by atoms with van der Waals surface area (Å²) in [4.78, 5) is 18.0. The molecular formula is C16H22BrClN2O5S. The molecule has 0 aromatic carbocycles. The van der Waals surface area contributed by atoms with E-state index in [0.717, 1.165) is 6.26 Å². The molecule has 0 unspecified atom stereocenters. The molecular weight excluding hydrogens is 448 g/mol. The van der Waals surface area contributed by atoms with Gasteiger partial charge in [-0.3, -0.25) is 0 Å². The molecule has 1 amide bonds. The van der Waals surface area contributed by atoms with E-state index < -0.39 is 33.7 Å². The zero-order valence-corrected chi connectivity index (χ0v) is 18.2. The van der Waals surface area contributed by atoms with Crippen molar-refractivity contribution in [3.8, 4) is 0 Å². The highest BCUT2D eigenvalue weighted by Crippen LogP contribution is 2.29. The Labute approximate surface area is 167 Å². The first-order chi connectivity index (χ1) is 11.8. The van der Waals surface area contributed by atoms with E-state index in [4.69, 9.17) is 21.1 Å². The van der Waals surface area contributed by atoms with Gasteiger partial charge in [-0.25, -0.2) is 18.2 Å². The van der Waals surface area contributed by atoms with Crippen molar-refractivity contribution in [3.05, 3.63) is 27.5 Å². The number of hydrogen-bond acceptors (Lipinski definition) is 6. The molecule has 0 saturated carbocycles. The van der Waals surface area contributed by atoms with Crippen molar-refractivity contribution in [3.63, 3.8) is 0 Å². The molecule has 0 bridgehead atoms. The summed E-state index contributed by atoms with van der Waals surface area (Å²) < 4.78 is 35.3. The summed E-state index contributed by atoms with van der Waals surface area (Å²) in [5.41, 5.74) is 0.0452. The molecule has 0 N–H and O–H groups in total. The molecule has 146 valence electrons. The molecule has 2 heterocycles. The molecule has 0 spiro atoms. The second-order valence-electron chi connectivity index (χ2n) is 7.27. The van der Waals surface area contributed by atoms with Crippen LogP contribution in [0.4, 0.5) is 4.79 Å². The monoisotopic (exact) mass is 468 g/mol. The highest BCUT2D eigenvalue weighted by molar-refractivity contribution is 9.10. The van der Waals surface area contributed by atoms with Gasteiger partial charge in [0.15, 0.2) is 0 Å². The average molecular weight is 470 g/mol. The largest absolute Gasteiger partial charge is 0.444 e. The Morgan fingerprint density at radius 3 is 2.62 bits per heavy atom. The molecule has 1 aliphatic rings. The fourth-order valence-corrected chi connectivity index (χ4v) is 4.23. The van der Waals surface area contributed by atoms with Crippen LogP contribution in [-0.4, -0.2) is 61.2 Å². The third-order valence-electron chi connectivity index (χ3n) is 3.46. The number of halogens is 2. The average Bonchev–Trinajstić information content (AvgIpc) is 2.42. The van der Waals surface area contributed by atoms with Crippen molar-refractivity contribution in [1.29, 1.82) is 0 Å². The lowest BCUT2D eigenvalue weighted by atomic mass is 10.1. The number of aromatic nitrogens is 1. The van der Waals surface area contributed by atoms with Gasteiger partial charge in [-0.1, -0.05) is 11.6 Å². The molecule has 1 saturated heterocycles. The van der Waals surface area contributed by atoms with Gasteiger partial charge in [0, 0.05) is 6.26 Å². The number of carbonyl (C=O) groups excluding carboxylic acids is 1. The van der Waals surface area contributed by atoms with E-state index in [1.54, 1.807) is 32.9 Å². The first kappa shape index (κ1) is 21.4. The Kier molecular flexibility index (Phi) is 6.58. The van der Waals surface area contributed by atoms with Gasteiger partial charge in [0.2, 0.25) is 0 Å². The highest BCUT2D eigenvalue weighted by Gasteiger charge is 2.35. The third kappa shape index (κ3) is 6.68. The van der Waals surface area contributed by atoms with E-state index in [1.807, 2.05) is 0 Å². The van der Waals surface area contributed by atoms with Crippen molar-refractivity contribution in [2.24, 2.45) is 0 Å². The van der Waals surface area contributed by atoms with E-state index in [1.165, 1.54) is 4.90 Å². The highest BCUT2D eigenvalue weighted by atomic mass is 79.9. The van der Waals surface area contributed by atoms with Crippen LogP contribution in [0.2, 0.25) is 5.15 Å². The van der Waals surface area contributed by atoms with Crippen LogP contribution in [-0.2, 0) is 19.3 Å². The number of amides is 1. The lowest BCUT2D eigenvalue weighted by molar-refractivity contribution is -0.0803. The Bertz CT molecular complexity index is 761. The van der Waals surface area contributed by atoms with Crippen LogP contribution in [0.1, 0.15) is 32.4 Å². The Balaban J connectivity index is 2.28. The molecule has 1 fully saturated rings. The number of hydrogen-bond donors (Lipinski definition) is 0. The Morgan fingerprint density at radius 1 is 1.42 bits per heavy atom. The quantitative estimate of drug-likeness (QED) is 0.632. The predicted molar refractivity (Wildman–Crippen MR) is 102 cm³/mol. The maximum absolute atomic E-state index is 12.5. The SMILES string of the molecule is CC(C)(C)OC(=O)N1C[C@@H](CS(C)(=O)=O)O[C@H](c2cc(Cl)nc(Br)c2)C1. The molecule has 10 heteroatoms. The second kappa shape index (κ2) is 8.00. The third-order valence-corrected chi connectivity index (χ3v) is 5.04. The van der Waals surface area contributed by atoms with Gasteiger partial charge >= 0.3 is 6.09 Å². The predicted octanol–water partition coefficient (Wildman–Crippen LogP) is 3.22. The van der Waals surface area contributed by atoms with Crippen LogP contribution in [0.5, 0.6) is 0 Å². The zero-order chi connectivity index (χ0) is 19.7. The number of ether oxygens (including phenoxy) is 2. The number of carbonyl (C=O) groups is 1. The maximum Gasteiger partial charge on any atom is 0.410 e. The van der Waals surface area contributed by atoms with Gasteiger partial charge < -0.3 is 14.4 Å². The van der Waals surface area contributed by atoms with Crippen molar-refractivity contribution < 1.29 is 22.7 Å². The van der Waals surface area contributed by atoms with E-state index >= 15 is 0 Å². The topological polar surface area (TPSA) is 85.8 Å². The number of rotatable bonds is 3. The van der Waals surface area contributed by atoms with Crippen LogP contribution in [0, 0.1) is 0 Å². The van der Waals surface area contributed by atoms with E-state index in [9.17, 15) is 13.2 Å². The van der Waals surface area contributed by atoms with Crippen LogP contribution < -0.4 is 0 Å². The van der Waals surface area contributed by atoms with E-state index in [2.05, 4.69) is 20.9 Å². The summed E-state index contributed by atoms with van der Waals surface area (Å²) >= 11 is 9.28. The Morgan fingerprint density at radius 2 is 2.08 bits per heavy atom. The fraction of sp³-hybridized carbons (Fsp3) is 0.625. The molecule has 0 radical (unpaired) electrons. The molecule has 0 aliphatic carbocycles. The summed E-state index contributed by atoms with van der Waals surface area (Å²) in [5, 5.41) is 0.270. The molecule has 1 aromatic heterocycles. The zero-order valence-electron chi connectivity index (χ0n) is 15.0. The van der Waals surface area contributed by atoms with E-state index in [0.29, 0.717) is 10.2 Å². The number of sulfone groups is 1. The smallest absolute Gasteiger partial charge is 0.410 e. The van der Waals surface area contributed by atoms with Gasteiger partial charge in [-0.05, 0) is 54.4 Å². The summed E-state index contributed by atoms with van der Waals surface area (Å²) in [7, 11) is -3.28. The van der Waals surface area contributed by atoms with Crippen LogP contribution in [0.25, 0.3) is 0 Å². The van der Waals surface area contributed by atoms with Gasteiger partial charge in [-0.15, -0.1) is 0 Å². The number of pyridine rings is 1. The second-order valence-corrected chi connectivity index (χ2v) is 10.7. The summed E-state index contributed by atoms with van der Waals surface area (Å²) in [6.07, 6.45) is -0.581. The minimum Gasteiger partial charge on any atom is -0.444 e. The Hall–Kier alpha value is -0.900. The fourth-order valence-electron chi connectivity index (χ4n) is 2.60. The molecule has 26 heavy (non-hydrogen) atoms. The van der Waals surface area contributed by atoms with Gasteiger partial charge in [-0.2, -0.15) is 0 Å². The molecule has 1 aromatic rings. The van der Waals surface area contributed by atoms with E-state index in [-0.39, 0.29) is 24.0 Å². The summed E-state index contributed by atoms with van der Waals surface area (Å²) in [6, 6.07) is 3.36. The maximum atomic E-state index is 12.5. The molecule has 2 rings (SSSR count). The first-order valence-electron chi connectivity index (χ1n) is 7.96. The normalized spacial score (nSPS) is 21.5. The minimum atomic E-state index is -3.28. The molecule has 7 nitrogen and oxygen atoms in total. The van der Waals surface area contributed by atoms with Crippen molar-refractivity contribution >= 4 is 43.5 Å². The van der Waals surface area contributed by atoms with Gasteiger partial charge in [0.1, 0.15) is 31.3 Å². The molecule has 2 atom stereocenters. The first-order valence-corrected chi connectivity index (χ1v) is 11.2. The van der Waals surface area contributed by atoms with Crippen molar-refractivity contribution in [2.75, 3.05) is 25.1 Å². The minimum absolute atomic E-state index is 0.137. The van der Waals surface area contributed by atoms with Crippen molar-refractivity contribution in [1.82, 2.24) is 9.88 Å². The molecule has 1 aliphatic heterocycles. The lowest BCUT2D eigenvalue weighted by Crippen LogP contribution is -2.50.